The second kappa shape index (κ2) is 3.85. The van der Waals surface area contributed by atoms with Gasteiger partial charge in [-0.15, -0.1) is 0 Å². The van der Waals surface area contributed by atoms with Gasteiger partial charge >= 0.3 is 0 Å². The molecule has 88 valence electrons. The Morgan fingerprint density at radius 1 is 1.53 bits per heavy atom. The molecule has 1 aromatic heterocycles. The van der Waals surface area contributed by atoms with E-state index in [-0.39, 0.29) is 18.4 Å². The third-order valence-electron chi connectivity index (χ3n) is 3.20. The normalized spacial score (nSPS) is 20.4. The summed E-state index contributed by atoms with van der Waals surface area (Å²) in [5, 5.41) is 16.9. The predicted octanol–water partition coefficient (Wildman–Crippen LogP) is 0.908. The van der Waals surface area contributed by atoms with E-state index in [0.717, 1.165) is 16.6 Å². The number of carbonyl (C=O) groups excluding carboxylic acids is 1. The van der Waals surface area contributed by atoms with Crippen LogP contribution in [0.1, 0.15) is 6.42 Å². The van der Waals surface area contributed by atoms with Crippen molar-refractivity contribution in [2.75, 3.05) is 18.1 Å². The number of nitrogens with zero attached hydrogens (tertiary/aromatic N) is 2. The summed E-state index contributed by atoms with van der Waals surface area (Å²) in [5.41, 5.74) is 1.83. The molecule has 3 rings (SSSR count). The molecule has 1 aliphatic heterocycles. The first kappa shape index (κ1) is 10.3. The summed E-state index contributed by atoms with van der Waals surface area (Å²) >= 11 is 0. The summed E-state index contributed by atoms with van der Waals surface area (Å²) in [6.45, 7) is 0.662. The molecule has 2 aromatic rings. The van der Waals surface area contributed by atoms with Crippen molar-refractivity contribution >= 4 is 22.5 Å². The zero-order valence-corrected chi connectivity index (χ0v) is 9.26. The van der Waals surface area contributed by atoms with Gasteiger partial charge in [0, 0.05) is 36.6 Å². The van der Waals surface area contributed by atoms with Gasteiger partial charge in [0.15, 0.2) is 0 Å². The number of aliphatic hydroxyl groups is 1. The molecule has 0 radical (unpaired) electrons. The van der Waals surface area contributed by atoms with Crippen LogP contribution in [-0.2, 0) is 4.79 Å². The molecule has 1 amide bonds. The molecule has 1 saturated heterocycles. The van der Waals surface area contributed by atoms with Crippen LogP contribution in [0, 0.1) is 5.92 Å². The van der Waals surface area contributed by atoms with Gasteiger partial charge < -0.3 is 10.0 Å². The summed E-state index contributed by atoms with van der Waals surface area (Å²) in [6, 6.07) is 5.76. The van der Waals surface area contributed by atoms with Gasteiger partial charge in [-0.1, -0.05) is 0 Å². The van der Waals surface area contributed by atoms with Crippen molar-refractivity contribution < 1.29 is 9.90 Å². The Balaban J connectivity index is 1.95. The minimum absolute atomic E-state index is 0.0579. The van der Waals surface area contributed by atoms with Crippen LogP contribution in [0.15, 0.2) is 24.4 Å². The molecule has 0 aliphatic carbocycles. The zero-order valence-electron chi connectivity index (χ0n) is 9.26. The predicted molar refractivity (Wildman–Crippen MR) is 63.6 cm³/mol. The number of amides is 1. The number of fused-ring (bicyclic) bond motifs is 1. The van der Waals surface area contributed by atoms with Crippen molar-refractivity contribution in [3.05, 3.63) is 24.4 Å². The highest BCUT2D eigenvalue weighted by molar-refractivity contribution is 5.97. The fourth-order valence-corrected chi connectivity index (χ4v) is 2.25. The Hall–Kier alpha value is -1.88. The van der Waals surface area contributed by atoms with E-state index in [9.17, 15) is 4.79 Å². The van der Waals surface area contributed by atoms with E-state index >= 15 is 0 Å². The van der Waals surface area contributed by atoms with Crippen LogP contribution in [0.2, 0.25) is 0 Å². The lowest BCUT2D eigenvalue weighted by atomic mass is 10.1. The van der Waals surface area contributed by atoms with Gasteiger partial charge in [0.2, 0.25) is 5.91 Å². The van der Waals surface area contributed by atoms with Gasteiger partial charge in [-0.3, -0.25) is 9.89 Å². The number of aromatic amines is 1. The average Bonchev–Trinajstić information content (AvgIpc) is 2.93. The average molecular weight is 231 g/mol. The van der Waals surface area contributed by atoms with E-state index in [2.05, 4.69) is 10.2 Å². The lowest BCUT2D eigenvalue weighted by Crippen LogP contribution is -2.24. The topological polar surface area (TPSA) is 69.2 Å². The molecule has 1 aromatic carbocycles. The van der Waals surface area contributed by atoms with Gasteiger partial charge in [-0.05, 0) is 18.2 Å². The molecule has 1 atom stereocenters. The maximum absolute atomic E-state index is 11.8. The first-order valence-corrected chi connectivity index (χ1v) is 5.62. The minimum atomic E-state index is 0.0579. The molecule has 1 aliphatic rings. The van der Waals surface area contributed by atoms with Crippen molar-refractivity contribution in [1.82, 2.24) is 10.2 Å². The van der Waals surface area contributed by atoms with E-state index in [1.807, 2.05) is 18.2 Å². The number of hydrogen-bond acceptors (Lipinski definition) is 3. The minimum Gasteiger partial charge on any atom is -0.396 e. The summed E-state index contributed by atoms with van der Waals surface area (Å²) in [4.78, 5) is 13.5. The number of hydrogen-bond donors (Lipinski definition) is 2. The van der Waals surface area contributed by atoms with Crippen LogP contribution in [-0.4, -0.2) is 34.4 Å². The SMILES string of the molecule is O=C1CC(CO)CN1c1ccc2[nH]ncc2c1. The fourth-order valence-electron chi connectivity index (χ4n) is 2.25. The molecule has 1 unspecified atom stereocenters. The van der Waals surface area contributed by atoms with Crippen LogP contribution >= 0.6 is 0 Å². The van der Waals surface area contributed by atoms with Crippen LogP contribution in [0.3, 0.4) is 0 Å². The Kier molecular flexibility index (Phi) is 2.33. The molecule has 0 bridgehead atoms. The Bertz CT molecular complexity index is 564. The second-order valence-electron chi connectivity index (χ2n) is 4.40. The third-order valence-corrected chi connectivity index (χ3v) is 3.20. The molecule has 0 spiro atoms. The fraction of sp³-hybridized carbons (Fsp3) is 0.333. The molecular weight excluding hydrogens is 218 g/mol. The second-order valence-corrected chi connectivity index (χ2v) is 4.40. The van der Waals surface area contributed by atoms with Crippen LogP contribution in [0.4, 0.5) is 5.69 Å². The van der Waals surface area contributed by atoms with E-state index in [0.29, 0.717) is 13.0 Å². The Morgan fingerprint density at radius 2 is 2.41 bits per heavy atom. The molecule has 2 N–H and O–H groups in total. The van der Waals surface area contributed by atoms with E-state index < -0.39 is 0 Å². The van der Waals surface area contributed by atoms with Gasteiger partial charge in [-0.25, -0.2) is 0 Å². The number of carbonyl (C=O) groups is 1. The molecular formula is C12H13N3O2. The van der Waals surface area contributed by atoms with Gasteiger partial charge in [0.05, 0.1) is 11.7 Å². The van der Waals surface area contributed by atoms with E-state index in [1.54, 1.807) is 11.1 Å². The largest absolute Gasteiger partial charge is 0.396 e. The molecule has 1 fully saturated rings. The third kappa shape index (κ3) is 1.68. The van der Waals surface area contributed by atoms with Crippen LogP contribution < -0.4 is 4.90 Å². The monoisotopic (exact) mass is 231 g/mol. The first-order chi connectivity index (χ1) is 8.28. The Labute approximate surface area is 98.0 Å². The van der Waals surface area contributed by atoms with E-state index in [4.69, 9.17) is 5.11 Å². The maximum atomic E-state index is 11.8. The number of aromatic nitrogens is 2. The summed E-state index contributed by atoms with van der Waals surface area (Å²) in [5.74, 6) is 0.134. The Morgan fingerprint density at radius 3 is 3.18 bits per heavy atom. The highest BCUT2D eigenvalue weighted by Gasteiger charge is 2.30. The molecule has 5 nitrogen and oxygen atoms in total. The first-order valence-electron chi connectivity index (χ1n) is 5.62. The molecule has 0 saturated carbocycles. The van der Waals surface area contributed by atoms with Crippen molar-refractivity contribution in [2.24, 2.45) is 5.92 Å². The van der Waals surface area contributed by atoms with Gasteiger partial charge in [0.25, 0.3) is 0 Å². The quantitative estimate of drug-likeness (QED) is 0.807. The lowest BCUT2D eigenvalue weighted by molar-refractivity contribution is -0.117. The van der Waals surface area contributed by atoms with Crippen molar-refractivity contribution in [3.63, 3.8) is 0 Å². The summed E-state index contributed by atoms with van der Waals surface area (Å²) in [7, 11) is 0. The summed E-state index contributed by atoms with van der Waals surface area (Å²) < 4.78 is 0. The highest BCUT2D eigenvalue weighted by atomic mass is 16.3. The number of aliphatic hydroxyl groups excluding tert-OH is 1. The smallest absolute Gasteiger partial charge is 0.227 e. The van der Waals surface area contributed by atoms with Crippen molar-refractivity contribution in [1.29, 1.82) is 0 Å². The van der Waals surface area contributed by atoms with Crippen LogP contribution in [0.25, 0.3) is 10.9 Å². The van der Waals surface area contributed by atoms with Crippen molar-refractivity contribution in [2.45, 2.75) is 6.42 Å². The number of anilines is 1. The molecule has 2 heterocycles. The number of nitrogens with one attached hydrogen (secondary N) is 1. The molecule has 5 heteroatoms. The van der Waals surface area contributed by atoms with Gasteiger partial charge in [0.1, 0.15) is 0 Å². The number of benzene rings is 1. The van der Waals surface area contributed by atoms with Gasteiger partial charge in [-0.2, -0.15) is 5.10 Å². The van der Waals surface area contributed by atoms with Crippen LogP contribution in [0.5, 0.6) is 0 Å². The highest BCUT2D eigenvalue weighted by Crippen LogP contribution is 2.27. The number of rotatable bonds is 2. The summed E-state index contributed by atoms with van der Waals surface area (Å²) in [6.07, 6.45) is 2.17. The number of H-pyrrole nitrogens is 1. The standard InChI is InChI=1S/C12H13N3O2/c16-7-8-3-12(17)15(6-8)10-1-2-11-9(4-10)5-13-14-11/h1-2,4-5,8,16H,3,6-7H2,(H,13,14). The lowest BCUT2D eigenvalue weighted by Gasteiger charge is -2.16. The van der Waals surface area contributed by atoms with E-state index in [1.165, 1.54) is 0 Å². The zero-order chi connectivity index (χ0) is 11.8. The molecule has 17 heavy (non-hydrogen) atoms. The maximum Gasteiger partial charge on any atom is 0.227 e. The van der Waals surface area contributed by atoms with Crippen molar-refractivity contribution in [3.8, 4) is 0 Å².